The lowest BCUT2D eigenvalue weighted by Gasteiger charge is -2.12. The second-order valence-corrected chi connectivity index (χ2v) is 3.98. The first kappa shape index (κ1) is 14.6. The van der Waals surface area contributed by atoms with Gasteiger partial charge in [0.2, 0.25) is 11.8 Å². The number of primary amides is 1. The molecule has 2 amide bonds. The number of pyridine rings is 1. The Labute approximate surface area is 109 Å². The number of aliphatic carboxylic acids is 1. The maximum atomic E-state index is 11.6. The minimum atomic E-state index is -1.28. The first-order valence-corrected chi connectivity index (χ1v) is 5.68. The van der Waals surface area contributed by atoms with Gasteiger partial charge in [0.05, 0.1) is 6.42 Å². The Hall–Kier alpha value is -2.44. The van der Waals surface area contributed by atoms with Crippen LogP contribution in [0.5, 0.6) is 0 Å². The van der Waals surface area contributed by atoms with Crippen molar-refractivity contribution in [2.24, 2.45) is 5.73 Å². The number of nitrogens with two attached hydrogens (primary N) is 1. The lowest BCUT2D eigenvalue weighted by molar-refractivity contribution is -0.143. The van der Waals surface area contributed by atoms with Crippen LogP contribution in [0.1, 0.15) is 18.4 Å². The summed E-state index contributed by atoms with van der Waals surface area (Å²) in [6.45, 7) is 0. The molecular formula is C12H15N3O4. The molecule has 1 rings (SSSR count). The van der Waals surface area contributed by atoms with Gasteiger partial charge in [-0.15, -0.1) is 0 Å². The minimum absolute atomic E-state index is 0.132. The minimum Gasteiger partial charge on any atom is -0.480 e. The van der Waals surface area contributed by atoms with Crippen molar-refractivity contribution in [3.63, 3.8) is 0 Å². The average molecular weight is 265 g/mol. The number of carboxylic acid groups (broad SMARTS) is 1. The molecule has 0 spiro atoms. The molecule has 0 saturated carbocycles. The van der Waals surface area contributed by atoms with Crippen molar-refractivity contribution in [2.45, 2.75) is 25.3 Å². The van der Waals surface area contributed by atoms with Gasteiger partial charge in [-0.1, -0.05) is 0 Å². The summed E-state index contributed by atoms with van der Waals surface area (Å²) in [5.41, 5.74) is 5.83. The third kappa shape index (κ3) is 5.62. The highest BCUT2D eigenvalue weighted by molar-refractivity contribution is 5.88. The number of amides is 2. The standard InChI is InChI=1S/C12H15N3O4/c13-10(16)7-9(12(18)19)15-11(17)2-1-8-3-5-14-6-4-8/h3-6,9H,1-2,7H2,(H2,13,16)(H,15,17)(H,18,19)/t9-/m1/s1. The predicted molar refractivity (Wildman–Crippen MR) is 65.9 cm³/mol. The van der Waals surface area contributed by atoms with E-state index in [2.05, 4.69) is 10.3 Å². The van der Waals surface area contributed by atoms with Gasteiger partial charge in [0.15, 0.2) is 0 Å². The second kappa shape index (κ2) is 7.10. The van der Waals surface area contributed by atoms with E-state index in [0.717, 1.165) is 5.56 Å². The van der Waals surface area contributed by atoms with Gasteiger partial charge >= 0.3 is 5.97 Å². The van der Waals surface area contributed by atoms with Gasteiger partial charge in [0.1, 0.15) is 6.04 Å². The van der Waals surface area contributed by atoms with Crippen LogP contribution in [0.2, 0.25) is 0 Å². The Kier molecular flexibility index (Phi) is 5.46. The fraction of sp³-hybridized carbons (Fsp3) is 0.333. The Bertz CT molecular complexity index is 461. The second-order valence-electron chi connectivity index (χ2n) is 3.98. The van der Waals surface area contributed by atoms with E-state index < -0.39 is 30.2 Å². The smallest absolute Gasteiger partial charge is 0.326 e. The molecule has 0 bridgehead atoms. The van der Waals surface area contributed by atoms with Crippen molar-refractivity contribution in [3.05, 3.63) is 30.1 Å². The zero-order valence-corrected chi connectivity index (χ0v) is 10.2. The molecule has 1 heterocycles. The van der Waals surface area contributed by atoms with Crippen LogP contribution in [0.25, 0.3) is 0 Å². The van der Waals surface area contributed by atoms with Crippen LogP contribution in [-0.4, -0.2) is 33.9 Å². The van der Waals surface area contributed by atoms with Crippen molar-refractivity contribution >= 4 is 17.8 Å². The van der Waals surface area contributed by atoms with Crippen molar-refractivity contribution in [2.75, 3.05) is 0 Å². The van der Waals surface area contributed by atoms with E-state index >= 15 is 0 Å². The lowest BCUT2D eigenvalue weighted by Crippen LogP contribution is -2.43. The van der Waals surface area contributed by atoms with Gasteiger partial charge in [0.25, 0.3) is 0 Å². The van der Waals surface area contributed by atoms with E-state index in [1.165, 1.54) is 0 Å². The third-order valence-corrected chi connectivity index (χ3v) is 2.43. The Morgan fingerprint density at radius 3 is 2.47 bits per heavy atom. The summed E-state index contributed by atoms with van der Waals surface area (Å²) in [6.07, 6.45) is 3.40. The number of hydrogen-bond donors (Lipinski definition) is 3. The first-order chi connectivity index (χ1) is 8.99. The third-order valence-electron chi connectivity index (χ3n) is 2.43. The van der Waals surface area contributed by atoms with Crippen LogP contribution in [0.3, 0.4) is 0 Å². The quantitative estimate of drug-likeness (QED) is 0.611. The van der Waals surface area contributed by atoms with E-state index in [1.807, 2.05) is 0 Å². The van der Waals surface area contributed by atoms with Gasteiger partial charge in [-0.25, -0.2) is 4.79 Å². The highest BCUT2D eigenvalue weighted by Crippen LogP contribution is 2.01. The summed E-state index contributed by atoms with van der Waals surface area (Å²) in [4.78, 5) is 36.9. The molecule has 0 aliphatic rings. The maximum absolute atomic E-state index is 11.6. The predicted octanol–water partition coefficient (Wildman–Crippen LogP) is -0.541. The highest BCUT2D eigenvalue weighted by atomic mass is 16.4. The number of aromatic nitrogens is 1. The van der Waals surface area contributed by atoms with E-state index in [-0.39, 0.29) is 6.42 Å². The number of nitrogens with one attached hydrogen (secondary N) is 1. The average Bonchev–Trinajstić information content (AvgIpc) is 2.36. The number of carbonyl (C=O) groups is 3. The van der Waals surface area contributed by atoms with Crippen LogP contribution in [0.15, 0.2) is 24.5 Å². The molecule has 4 N–H and O–H groups in total. The van der Waals surface area contributed by atoms with Gasteiger partial charge in [0, 0.05) is 18.8 Å². The SMILES string of the molecule is NC(=O)C[C@@H](NC(=O)CCc1ccncc1)C(=O)O. The fourth-order valence-corrected chi connectivity index (χ4v) is 1.48. The van der Waals surface area contributed by atoms with E-state index in [0.29, 0.717) is 6.42 Å². The van der Waals surface area contributed by atoms with Crippen LogP contribution < -0.4 is 11.1 Å². The summed E-state index contributed by atoms with van der Waals surface area (Å²) in [7, 11) is 0. The topological polar surface area (TPSA) is 122 Å². The molecule has 19 heavy (non-hydrogen) atoms. The summed E-state index contributed by atoms with van der Waals surface area (Å²) in [5.74, 6) is -2.50. The number of hydrogen-bond acceptors (Lipinski definition) is 4. The van der Waals surface area contributed by atoms with Crippen molar-refractivity contribution in [1.29, 1.82) is 0 Å². The number of rotatable bonds is 7. The summed E-state index contributed by atoms with van der Waals surface area (Å²) in [6, 6.07) is 2.26. The highest BCUT2D eigenvalue weighted by Gasteiger charge is 2.21. The summed E-state index contributed by atoms with van der Waals surface area (Å²) < 4.78 is 0. The molecule has 7 nitrogen and oxygen atoms in total. The molecule has 102 valence electrons. The molecule has 7 heteroatoms. The Morgan fingerprint density at radius 1 is 1.32 bits per heavy atom. The van der Waals surface area contributed by atoms with Gasteiger partial charge in [-0.05, 0) is 24.1 Å². The fourth-order valence-electron chi connectivity index (χ4n) is 1.48. The number of aryl methyl sites for hydroxylation is 1. The Balaban J connectivity index is 2.45. The zero-order valence-electron chi connectivity index (χ0n) is 10.2. The van der Waals surface area contributed by atoms with Crippen LogP contribution in [-0.2, 0) is 20.8 Å². The molecule has 0 aromatic carbocycles. The molecular weight excluding hydrogens is 250 g/mol. The normalized spacial score (nSPS) is 11.6. The number of nitrogens with zero attached hydrogens (tertiary/aromatic N) is 1. The molecule has 0 fully saturated rings. The van der Waals surface area contributed by atoms with Crippen LogP contribution in [0.4, 0.5) is 0 Å². The van der Waals surface area contributed by atoms with E-state index in [1.54, 1.807) is 24.5 Å². The molecule has 1 aromatic heterocycles. The first-order valence-electron chi connectivity index (χ1n) is 5.68. The molecule has 0 aliphatic heterocycles. The molecule has 1 atom stereocenters. The van der Waals surface area contributed by atoms with E-state index in [9.17, 15) is 14.4 Å². The molecule has 0 radical (unpaired) electrons. The number of carboxylic acids is 1. The monoisotopic (exact) mass is 265 g/mol. The zero-order chi connectivity index (χ0) is 14.3. The van der Waals surface area contributed by atoms with Gasteiger partial charge in [-0.2, -0.15) is 0 Å². The maximum Gasteiger partial charge on any atom is 0.326 e. The number of carbonyl (C=O) groups excluding carboxylic acids is 2. The van der Waals surface area contributed by atoms with E-state index in [4.69, 9.17) is 10.8 Å². The molecule has 1 aromatic rings. The van der Waals surface area contributed by atoms with Gasteiger partial charge in [-0.3, -0.25) is 14.6 Å². The van der Waals surface area contributed by atoms with Crippen molar-refractivity contribution in [1.82, 2.24) is 10.3 Å². The largest absolute Gasteiger partial charge is 0.480 e. The van der Waals surface area contributed by atoms with Crippen LogP contribution >= 0.6 is 0 Å². The lowest BCUT2D eigenvalue weighted by atomic mass is 10.1. The molecule has 0 saturated heterocycles. The van der Waals surface area contributed by atoms with Crippen LogP contribution in [0, 0.1) is 0 Å². The Morgan fingerprint density at radius 2 is 1.95 bits per heavy atom. The summed E-state index contributed by atoms with van der Waals surface area (Å²) >= 11 is 0. The van der Waals surface area contributed by atoms with Crippen molar-refractivity contribution < 1.29 is 19.5 Å². The van der Waals surface area contributed by atoms with Gasteiger partial charge < -0.3 is 16.2 Å². The molecule has 0 unspecified atom stereocenters. The summed E-state index contributed by atoms with van der Waals surface area (Å²) in [5, 5.41) is 11.1. The van der Waals surface area contributed by atoms with Crippen molar-refractivity contribution in [3.8, 4) is 0 Å². The molecule has 0 aliphatic carbocycles.